The molecule has 2 atom stereocenters. The maximum atomic E-state index is 2.59. The molecule has 4 aliphatic rings. The van der Waals surface area contributed by atoms with Crippen LogP contribution in [0.2, 0.25) is 0 Å². The van der Waals surface area contributed by atoms with E-state index >= 15 is 0 Å². The molecule has 0 bridgehead atoms. The Hall–Kier alpha value is -7.16. The first-order chi connectivity index (χ1) is 37.7. The van der Waals surface area contributed by atoms with Crippen LogP contribution in [-0.4, -0.2) is 0 Å². The first-order valence-corrected chi connectivity index (χ1v) is 29.7. The van der Waals surface area contributed by atoms with Gasteiger partial charge < -0.3 is 9.80 Å². The molecule has 0 amide bonds. The van der Waals surface area contributed by atoms with Gasteiger partial charge in [-0.15, -0.1) is 0 Å². The van der Waals surface area contributed by atoms with Crippen molar-refractivity contribution in [1.82, 2.24) is 0 Å². The van der Waals surface area contributed by atoms with Crippen molar-refractivity contribution in [2.24, 2.45) is 22.7 Å². The standard InChI is InChI=1S/C78H84N2/c1-73(2,3)55-33-37-63-65(43-55)77(13,14)67-45-57(75(7,8)9)47-69(71(63)67)79(61-35-31-49-23-17-19-25-51(49)39-61)59-29-21-27-53(41-59)54-28-22-30-60(42-54)80(62-36-32-50-24-18-20-26-52(50)40-62)70-48-58(76(10,11)12)46-68-72(70)64-38-34-56(74(4,5)6)44-66(64)78(68,15)16/h17-42,45-48,65-66H,43-44H2,1-16H3. The normalized spacial score (nSPS) is 18.4. The Labute approximate surface area is 479 Å². The molecule has 2 nitrogen and oxygen atoms in total. The van der Waals surface area contributed by atoms with Crippen molar-refractivity contribution in [2.45, 2.75) is 145 Å². The molecule has 0 fully saturated rings. The van der Waals surface area contributed by atoms with Crippen molar-refractivity contribution in [3.05, 3.63) is 227 Å². The first-order valence-electron chi connectivity index (χ1n) is 29.7. The molecule has 2 unspecified atom stereocenters. The molecular weight excluding hydrogens is 965 g/mol. The summed E-state index contributed by atoms with van der Waals surface area (Å²) in [5, 5.41) is 4.95. The minimum atomic E-state index is -0.0755. The molecule has 8 aromatic carbocycles. The summed E-state index contributed by atoms with van der Waals surface area (Å²) in [6, 6.07) is 60.7. The molecule has 0 heterocycles. The van der Waals surface area contributed by atoms with Crippen LogP contribution in [0.4, 0.5) is 34.1 Å². The Morgan fingerprint density at radius 2 is 0.713 bits per heavy atom. The number of nitrogens with zero attached hydrogens (tertiary/aromatic N) is 2. The van der Waals surface area contributed by atoms with E-state index in [-0.39, 0.29) is 32.5 Å². The van der Waals surface area contributed by atoms with Gasteiger partial charge in [-0.25, -0.2) is 0 Å². The highest BCUT2D eigenvalue weighted by Crippen LogP contribution is 2.62. The first kappa shape index (κ1) is 53.5. The summed E-state index contributed by atoms with van der Waals surface area (Å²) in [6.45, 7) is 38.5. The van der Waals surface area contributed by atoms with Crippen LogP contribution in [0.15, 0.2) is 193 Å². The van der Waals surface area contributed by atoms with E-state index in [9.17, 15) is 0 Å². The van der Waals surface area contributed by atoms with Crippen LogP contribution in [0.25, 0.3) is 43.8 Å². The third-order valence-corrected chi connectivity index (χ3v) is 19.1. The predicted molar refractivity (Wildman–Crippen MR) is 347 cm³/mol. The van der Waals surface area contributed by atoms with E-state index in [1.807, 2.05) is 0 Å². The summed E-state index contributed by atoms with van der Waals surface area (Å²) in [5.41, 5.74) is 23.7. The number of hydrogen-bond donors (Lipinski definition) is 0. The van der Waals surface area contributed by atoms with E-state index in [1.165, 1.54) is 99.7 Å². The van der Waals surface area contributed by atoms with Gasteiger partial charge >= 0.3 is 0 Å². The fourth-order valence-electron chi connectivity index (χ4n) is 13.9. The molecule has 12 rings (SSSR count). The number of rotatable bonds is 7. The van der Waals surface area contributed by atoms with Crippen molar-refractivity contribution in [2.75, 3.05) is 9.80 Å². The van der Waals surface area contributed by atoms with Gasteiger partial charge in [-0.2, -0.15) is 0 Å². The zero-order valence-electron chi connectivity index (χ0n) is 50.8. The number of benzene rings is 8. The molecule has 80 heavy (non-hydrogen) atoms. The van der Waals surface area contributed by atoms with Crippen LogP contribution >= 0.6 is 0 Å². The van der Waals surface area contributed by atoms with Crippen molar-refractivity contribution in [3.63, 3.8) is 0 Å². The predicted octanol–water partition coefficient (Wildman–Crippen LogP) is 22.5. The van der Waals surface area contributed by atoms with E-state index in [0.717, 1.165) is 35.6 Å². The van der Waals surface area contributed by atoms with Gasteiger partial charge in [0.05, 0.1) is 11.4 Å². The fraction of sp³-hybridized carbons (Fsp3) is 0.333. The minimum Gasteiger partial charge on any atom is -0.310 e. The van der Waals surface area contributed by atoms with Crippen LogP contribution in [0, 0.1) is 22.7 Å². The summed E-state index contributed by atoms with van der Waals surface area (Å²) in [4.78, 5) is 5.18. The maximum absolute atomic E-state index is 2.59. The monoisotopic (exact) mass is 1050 g/mol. The lowest BCUT2D eigenvalue weighted by Crippen LogP contribution is -2.27. The zero-order chi connectivity index (χ0) is 56.6. The van der Waals surface area contributed by atoms with Crippen LogP contribution < -0.4 is 9.80 Å². The summed E-state index contributed by atoms with van der Waals surface area (Å²) in [5.74, 6) is 0.746. The van der Waals surface area contributed by atoms with Crippen LogP contribution in [0.1, 0.15) is 157 Å². The SMILES string of the molecule is CC(C)(C)C1=CC=C2c3c(N(c4cccc(-c5cccc(N(c6ccc7ccccc7c6)c6cc(C(C)(C)C)cc7c6C6=CC=C(C(C)(C)C)CC6C7(C)C)c5)c4)c4ccc5ccccc5c4)cc(C(C)(C)C)cc3C(C)(C)C2C1. The van der Waals surface area contributed by atoms with Crippen molar-refractivity contribution >= 4 is 66.8 Å². The van der Waals surface area contributed by atoms with E-state index in [4.69, 9.17) is 0 Å². The molecule has 0 aliphatic heterocycles. The molecule has 0 N–H and O–H groups in total. The Kier molecular flexibility index (Phi) is 12.5. The summed E-state index contributed by atoms with van der Waals surface area (Å²) in [7, 11) is 0. The molecule has 0 spiro atoms. The van der Waals surface area contributed by atoms with Gasteiger partial charge in [0.2, 0.25) is 0 Å². The Bertz CT molecular complexity index is 3690. The van der Waals surface area contributed by atoms with Gasteiger partial charge in [-0.05, 0) is 184 Å². The average Bonchev–Trinajstić information content (AvgIpc) is 3.92. The highest BCUT2D eigenvalue weighted by molar-refractivity contribution is 5.98. The molecule has 406 valence electrons. The van der Waals surface area contributed by atoms with Crippen LogP contribution in [0.5, 0.6) is 0 Å². The van der Waals surface area contributed by atoms with Gasteiger partial charge in [0, 0.05) is 33.9 Å². The van der Waals surface area contributed by atoms with Gasteiger partial charge in [-0.1, -0.05) is 243 Å². The molecule has 0 saturated heterocycles. The lowest BCUT2D eigenvalue weighted by molar-refractivity contribution is 0.372. The number of allylic oxidation sites excluding steroid dienone is 8. The van der Waals surface area contributed by atoms with Gasteiger partial charge in [-0.3, -0.25) is 0 Å². The maximum Gasteiger partial charge on any atom is 0.0542 e. The number of fused-ring (bicyclic) bond motifs is 8. The smallest absolute Gasteiger partial charge is 0.0542 e. The third kappa shape index (κ3) is 9.10. The summed E-state index contributed by atoms with van der Waals surface area (Å²) >= 11 is 0. The van der Waals surface area contributed by atoms with Gasteiger partial charge in [0.25, 0.3) is 0 Å². The Morgan fingerprint density at radius 1 is 0.350 bits per heavy atom. The van der Waals surface area contributed by atoms with Crippen LogP contribution in [-0.2, 0) is 21.7 Å². The highest BCUT2D eigenvalue weighted by Gasteiger charge is 2.49. The average molecular weight is 1050 g/mol. The second-order valence-electron chi connectivity index (χ2n) is 29.3. The molecule has 0 aromatic heterocycles. The van der Waals surface area contributed by atoms with Crippen molar-refractivity contribution in [3.8, 4) is 11.1 Å². The molecule has 0 saturated carbocycles. The zero-order valence-corrected chi connectivity index (χ0v) is 50.8. The van der Waals surface area contributed by atoms with E-state index in [1.54, 1.807) is 0 Å². The van der Waals surface area contributed by atoms with Gasteiger partial charge in [0.15, 0.2) is 0 Å². The highest BCUT2D eigenvalue weighted by atomic mass is 15.2. The lowest BCUT2D eigenvalue weighted by atomic mass is 9.69. The topological polar surface area (TPSA) is 6.48 Å². The Balaban J connectivity index is 1.07. The van der Waals surface area contributed by atoms with E-state index < -0.39 is 0 Å². The lowest BCUT2D eigenvalue weighted by Gasteiger charge is -2.35. The second kappa shape index (κ2) is 18.7. The molecule has 4 aliphatic carbocycles. The van der Waals surface area contributed by atoms with E-state index in [0.29, 0.717) is 11.8 Å². The second-order valence-corrected chi connectivity index (χ2v) is 29.3. The molecule has 8 aromatic rings. The fourth-order valence-corrected chi connectivity index (χ4v) is 13.9. The minimum absolute atomic E-state index is 0.0705. The largest absolute Gasteiger partial charge is 0.310 e. The summed E-state index contributed by atoms with van der Waals surface area (Å²) in [6.07, 6.45) is 12.0. The van der Waals surface area contributed by atoms with Crippen molar-refractivity contribution in [1.29, 1.82) is 0 Å². The van der Waals surface area contributed by atoms with E-state index in [2.05, 4.69) is 303 Å². The number of hydrogen-bond acceptors (Lipinski definition) is 2. The number of anilines is 6. The van der Waals surface area contributed by atoms with Crippen LogP contribution in [0.3, 0.4) is 0 Å². The molecular formula is C78H84N2. The third-order valence-electron chi connectivity index (χ3n) is 19.1. The molecule has 2 heteroatoms. The molecule has 0 radical (unpaired) electrons. The summed E-state index contributed by atoms with van der Waals surface area (Å²) < 4.78 is 0. The van der Waals surface area contributed by atoms with Crippen molar-refractivity contribution < 1.29 is 0 Å². The quantitative estimate of drug-likeness (QED) is 0.157. The Morgan fingerprint density at radius 3 is 1.07 bits per heavy atom. The van der Waals surface area contributed by atoms with Gasteiger partial charge in [0.1, 0.15) is 0 Å².